The first-order chi connectivity index (χ1) is 33.0. The highest BCUT2D eigenvalue weighted by atomic mass is 15.1. The first kappa shape index (κ1) is 39.1. The van der Waals surface area contributed by atoms with Crippen LogP contribution in [0.4, 0.5) is 17.1 Å². The molecule has 0 aromatic heterocycles. The second-order valence-corrected chi connectivity index (χ2v) is 18.8. The number of fused-ring (bicyclic) bond motifs is 9. The van der Waals surface area contributed by atoms with Gasteiger partial charge in [-0.1, -0.05) is 226 Å². The summed E-state index contributed by atoms with van der Waals surface area (Å²) in [6, 6.07) is 92.5. The second-order valence-electron chi connectivity index (χ2n) is 18.8. The Balaban J connectivity index is 0.995. The molecule has 1 nitrogen and oxygen atoms in total. The third-order valence-corrected chi connectivity index (χ3v) is 15.0. The van der Waals surface area contributed by atoms with Gasteiger partial charge in [0.25, 0.3) is 0 Å². The molecule has 11 aromatic carbocycles. The van der Waals surface area contributed by atoms with Crippen molar-refractivity contribution in [3.05, 3.63) is 282 Å². The molecule has 0 bridgehead atoms. The summed E-state index contributed by atoms with van der Waals surface area (Å²) in [5.41, 5.74) is 20.7. The van der Waals surface area contributed by atoms with Gasteiger partial charge in [0, 0.05) is 22.5 Å². The molecular weight excluding hydrogens is 807 g/mol. The maximum atomic E-state index is 2.45. The van der Waals surface area contributed by atoms with Crippen molar-refractivity contribution >= 4 is 38.6 Å². The molecule has 0 N–H and O–H groups in total. The van der Waals surface area contributed by atoms with E-state index in [9.17, 15) is 0 Å². The van der Waals surface area contributed by atoms with Crippen molar-refractivity contribution in [3.8, 4) is 44.5 Å². The third kappa shape index (κ3) is 5.88. The summed E-state index contributed by atoms with van der Waals surface area (Å²) >= 11 is 0. The molecule has 0 saturated carbocycles. The zero-order valence-electron chi connectivity index (χ0n) is 37.6. The van der Waals surface area contributed by atoms with Crippen LogP contribution in [0.2, 0.25) is 0 Å². The van der Waals surface area contributed by atoms with E-state index < -0.39 is 5.41 Å². The van der Waals surface area contributed by atoms with Crippen LogP contribution in [0.5, 0.6) is 0 Å². The van der Waals surface area contributed by atoms with E-state index in [0.29, 0.717) is 0 Å². The Hall–Kier alpha value is -8.26. The van der Waals surface area contributed by atoms with Gasteiger partial charge in [0.15, 0.2) is 0 Å². The predicted molar refractivity (Wildman–Crippen MR) is 282 cm³/mol. The largest absolute Gasteiger partial charge is 0.310 e. The van der Waals surface area contributed by atoms with E-state index in [-0.39, 0.29) is 5.41 Å². The minimum atomic E-state index is -0.472. The van der Waals surface area contributed by atoms with Gasteiger partial charge in [0.1, 0.15) is 0 Å². The average Bonchev–Trinajstić information content (AvgIpc) is 3.82. The lowest BCUT2D eigenvalue weighted by Gasteiger charge is -2.34. The van der Waals surface area contributed by atoms with Gasteiger partial charge in [-0.25, -0.2) is 0 Å². The highest BCUT2D eigenvalue weighted by Crippen LogP contribution is 2.57. The molecule has 0 unspecified atom stereocenters. The minimum absolute atomic E-state index is 0.127. The summed E-state index contributed by atoms with van der Waals surface area (Å²) in [4.78, 5) is 2.45. The van der Waals surface area contributed by atoms with E-state index in [2.05, 4.69) is 267 Å². The molecule has 0 amide bonds. The van der Waals surface area contributed by atoms with E-state index >= 15 is 0 Å². The van der Waals surface area contributed by atoms with Gasteiger partial charge in [-0.3, -0.25) is 0 Å². The topological polar surface area (TPSA) is 3.24 Å². The predicted octanol–water partition coefficient (Wildman–Crippen LogP) is 17.5. The molecule has 2 aliphatic carbocycles. The molecule has 2 aliphatic rings. The molecule has 0 fully saturated rings. The number of rotatable bonds is 7. The van der Waals surface area contributed by atoms with E-state index in [1.807, 2.05) is 0 Å². The first-order valence-electron chi connectivity index (χ1n) is 23.5. The Morgan fingerprint density at radius 1 is 0.313 bits per heavy atom. The van der Waals surface area contributed by atoms with E-state index in [4.69, 9.17) is 0 Å². The van der Waals surface area contributed by atoms with E-state index in [0.717, 1.165) is 17.1 Å². The lowest BCUT2D eigenvalue weighted by atomic mass is 9.68. The van der Waals surface area contributed by atoms with Gasteiger partial charge in [-0.2, -0.15) is 0 Å². The summed E-state index contributed by atoms with van der Waals surface area (Å²) in [5, 5.41) is 5.08. The standard InChI is InChI=1S/C66H47N/c1-65(2)59-42-40-52(43-58(59)64-55-24-10-9-19-45(55)33-41-62(64)65)67(50-36-31-46(32-37-50)54-28-16-21-47-20-15-27-53(63(47)54)44-17-5-3-6-18-44)51-38-34-49(35-39-51)66(48-22-7-4-8-23-48)60-29-13-11-25-56(60)57-26-12-14-30-61(57)66/h3-43H,1-2H3. The summed E-state index contributed by atoms with van der Waals surface area (Å²) in [7, 11) is 0. The fraction of sp³-hybridized carbons (Fsp3) is 0.0606. The number of hydrogen-bond acceptors (Lipinski definition) is 1. The van der Waals surface area contributed by atoms with Crippen molar-refractivity contribution in [2.75, 3.05) is 4.90 Å². The lowest BCUT2D eigenvalue weighted by molar-refractivity contribution is 0.661. The molecule has 0 radical (unpaired) electrons. The Bertz CT molecular complexity index is 3640. The monoisotopic (exact) mass is 853 g/mol. The smallest absolute Gasteiger partial charge is 0.0713 e. The molecule has 0 atom stereocenters. The van der Waals surface area contributed by atoms with Crippen LogP contribution in [0.3, 0.4) is 0 Å². The quantitative estimate of drug-likeness (QED) is 0.154. The normalized spacial score (nSPS) is 13.8. The third-order valence-electron chi connectivity index (χ3n) is 15.0. The molecule has 0 spiro atoms. The first-order valence-corrected chi connectivity index (χ1v) is 23.5. The lowest BCUT2D eigenvalue weighted by Crippen LogP contribution is -2.28. The van der Waals surface area contributed by atoms with Gasteiger partial charge >= 0.3 is 0 Å². The number of anilines is 3. The van der Waals surface area contributed by atoms with Crippen LogP contribution in [0.15, 0.2) is 249 Å². The summed E-state index contributed by atoms with van der Waals surface area (Å²) < 4.78 is 0. The van der Waals surface area contributed by atoms with E-state index in [1.165, 1.54) is 99.4 Å². The fourth-order valence-electron chi connectivity index (χ4n) is 11.9. The Kier molecular flexibility index (Phi) is 8.85. The van der Waals surface area contributed by atoms with Crippen LogP contribution in [0.25, 0.3) is 66.1 Å². The minimum Gasteiger partial charge on any atom is -0.310 e. The number of nitrogens with zero attached hydrogens (tertiary/aromatic N) is 1. The number of benzene rings is 11. The van der Waals surface area contributed by atoms with Gasteiger partial charge in [0.2, 0.25) is 0 Å². The molecule has 0 heterocycles. The van der Waals surface area contributed by atoms with Gasteiger partial charge in [-0.15, -0.1) is 0 Å². The highest BCUT2D eigenvalue weighted by Gasteiger charge is 2.46. The SMILES string of the molecule is CC1(C)c2ccc(N(c3ccc(-c4cccc5cccc(-c6ccccc6)c45)cc3)c3ccc(C4(c5ccccc5)c5ccccc5-c5ccccc54)cc3)cc2-c2c1ccc1ccccc21. The number of hydrogen-bond donors (Lipinski definition) is 0. The van der Waals surface area contributed by atoms with Crippen molar-refractivity contribution in [1.82, 2.24) is 0 Å². The fourth-order valence-corrected chi connectivity index (χ4v) is 11.9. The summed E-state index contributed by atoms with van der Waals surface area (Å²) in [5.74, 6) is 0. The molecular formula is C66H47N. The molecule has 316 valence electrons. The van der Waals surface area contributed by atoms with Crippen LogP contribution in [-0.4, -0.2) is 0 Å². The summed E-state index contributed by atoms with van der Waals surface area (Å²) in [6.45, 7) is 4.75. The molecule has 0 saturated heterocycles. The Morgan fingerprint density at radius 2 is 0.806 bits per heavy atom. The molecule has 11 aromatic rings. The van der Waals surface area contributed by atoms with Crippen molar-refractivity contribution in [3.63, 3.8) is 0 Å². The van der Waals surface area contributed by atoms with Crippen LogP contribution in [0, 0.1) is 0 Å². The van der Waals surface area contributed by atoms with Crippen LogP contribution < -0.4 is 4.90 Å². The molecule has 1 heteroatoms. The van der Waals surface area contributed by atoms with Crippen molar-refractivity contribution in [1.29, 1.82) is 0 Å². The molecule has 0 aliphatic heterocycles. The average molecular weight is 854 g/mol. The Labute approximate surface area is 392 Å². The van der Waals surface area contributed by atoms with Crippen LogP contribution in [0.1, 0.15) is 47.2 Å². The molecule has 13 rings (SSSR count). The highest BCUT2D eigenvalue weighted by molar-refractivity contribution is 6.07. The van der Waals surface area contributed by atoms with E-state index in [1.54, 1.807) is 0 Å². The van der Waals surface area contributed by atoms with Gasteiger partial charge in [-0.05, 0) is 136 Å². The van der Waals surface area contributed by atoms with Crippen molar-refractivity contribution in [2.45, 2.75) is 24.7 Å². The van der Waals surface area contributed by atoms with Crippen LogP contribution >= 0.6 is 0 Å². The van der Waals surface area contributed by atoms with Crippen molar-refractivity contribution in [2.24, 2.45) is 0 Å². The maximum absolute atomic E-state index is 2.45. The zero-order valence-corrected chi connectivity index (χ0v) is 37.6. The zero-order chi connectivity index (χ0) is 44.7. The summed E-state index contributed by atoms with van der Waals surface area (Å²) in [6.07, 6.45) is 0. The van der Waals surface area contributed by atoms with Gasteiger partial charge in [0.05, 0.1) is 5.41 Å². The Morgan fingerprint density at radius 3 is 1.48 bits per heavy atom. The van der Waals surface area contributed by atoms with Crippen molar-refractivity contribution < 1.29 is 0 Å². The second kappa shape index (κ2) is 15.2. The van der Waals surface area contributed by atoms with Crippen LogP contribution in [-0.2, 0) is 10.8 Å². The van der Waals surface area contributed by atoms with Gasteiger partial charge < -0.3 is 4.90 Å². The maximum Gasteiger partial charge on any atom is 0.0713 e. The molecule has 67 heavy (non-hydrogen) atoms.